The van der Waals surface area contributed by atoms with Gasteiger partial charge in [-0.1, -0.05) is 36.8 Å². The number of anilines is 1. The predicted molar refractivity (Wildman–Crippen MR) is 90.8 cm³/mol. The van der Waals surface area contributed by atoms with Crippen molar-refractivity contribution in [1.82, 2.24) is 4.90 Å². The number of hydrogen-bond donors (Lipinski definition) is 1. The van der Waals surface area contributed by atoms with Gasteiger partial charge in [-0.3, -0.25) is 4.79 Å². The second-order valence-electron chi connectivity index (χ2n) is 5.16. The van der Waals surface area contributed by atoms with Crippen molar-refractivity contribution in [3.8, 4) is 0 Å². The molecule has 1 saturated heterocycles. The molecule has 0 aliphatic carbocycles. The Morgan fingerprint density at radius 2 is 2.05 bits per heavy atom. The average molecular weight is 326 g/mol. The van der Waals surface area contributed by atoms with Crippen LogP contribution in [0.5, 0.6) is 0 Å². The fraction of sp³-hybridized carbons (Fsp3) is 0.467. The Morgan fingerprint density at radius 1 is 1.38 bits per heavy atom. The van der Waals surface area contributed by atoms with E-state index in [1.165, 1.54) is 0 Å². The van der Waals surface area contributed by atoms with Crippen LogP contribution in [0.4, 0.5) is 5.69 Å². The minimum atomic E-state index is -0.335. The van der Waals surface area contributed by atoms with Crippen LogP contribution in [0.15, 0.2) is 24.3 Å². The first-order chi connectivity index (χ1) is 10.0. The van der Waals surface area contributed by atoms with Gasteiger partial charge in [-0.25, -0.2) is 0 Å². The Hall–Kier alpha value is -1.33. The standard InChI is InChI=1S/C15H20ClN3OS/c1-2-13(14(17)21)15(20)19-8-6-18(7-9-19)12-5-3-4-11(16)10-12/h3-5,10,13H,2,6-9H2,1H3,(H2,17,21). The molecule has 1 aromatic rings. The summed E-state index contributed by atoms with van der Waals surface area (Å²) in [5.41, 5.74) is 6.74. The molecule has 1 aromatic carbocycles. The highest BCUT2D eigenvalue weighted by Gasteiger charge is 2.28. The van der Waals surface area contributed by atoms with Crippen molar-refractivity contribution in [3.05, 3.63) is 29.3 Å². The molecule has 114 valence electrons. The summed E-state index contributed by atoms with van der Waals surface area (Å²) >= 11 is 11.0. The Labute approximate surface area is 135 Å². The predicted octanol–water partition coefficient (Wildman–Crippen LogP) is 2.30. The number of amides is 1. The highest BCUT2D eigenvalue weighted by Crippen LogP contribution is 2.21. The molecule has 0 aromatic heterocycles. The number of halogens is 1. The third kappa shape index (κ3) is 3.86. The van der Waals surface area contributed by atoms with E-state index in [0.29, 0.717) is 24.5 Å². The molecule has 1 amide bonds. The lowest BCUT2D eigenvalue weighted by molar-refractivity contribution is -0.133. The molecule has 1 unspecified atom stereocenters. The van der Waals surface area contributed by atoms with Gasteiger partial charge in [-0.05, 0) is 24.6 Å². The number of piperazine rings is 1. The maximum Gasteiger partial charge on any atom is 0.232 e. The Kier molecular flexibility index (Phi) is 5.42. The van der Waals surface area contributed by atoms with Gasteiger partial charge < -0.3 is 15.5 Å². The average Bonchev–Trinajstić information content (AvgIpc) is 2.47. The molecule has 0 bridgehead atoms. The van der Waals surface area contributed by atoms with Crippen LogP contribution in [0, 0.1) is 5.92 Å². The first-order valence-corrected chi connectivity index (χ1v) is 7.90. The van der Waals surface area contributed by atoms with E-state index in [9.17, 15) is 4.79 Å². The fourth-order valence-corrected chi connectivity index (χ4v) is 3.03. The molecule has 6 heteroatoms. The van der Waals surface area contributed by atoms with Crippen LogP contribution >= 0.6 is 23.8 Å². The molecule has 1 heterocycles. The van der Waals surface area contributed by atoms with E-state index in [-0.39, 0.29) is 11.8 Å². The summed E-state index contributed by atoms with van der Waals surface area (Å²) in [4.78, 5) is 16.8. The number of nitrogens with two attached hydrogens (primary N) is 1. The van der Waals surface area contributed by atoms with Crippen molar-refractivity contribution in [1.29, 1.82) is 0 Å². The van der Waals surface area contributed by atoms with Gasteiger partial charge in [-0.2, -0.15) is 0 Å². The molecular formula is C15H20ClN3OS. The van der Waals surface area contributed by atoms with Crippen molar-refractivity contribution in [2.45, 2.75) is 13.3 Å². The SMILES string of the molecule is CCC(C(=O)N1CCN(c2cccc(Cl)c2)CC1)C(N)=S. The third-order valence-electron chi connectivity index (χ3n) is 3.81. The van der Waals surface area contributed by atoms with Gasteiger partial charge in [-0.15, -0.1) is 0 Å². The molecule has 1 atom stereocenters. The first kappa shape index (κ1) is 16.0. The Balaban J connectivity index is 1.97. The molecule has 4 nitrogen and oxygen atoms in total. The number of thiocarbonyl (C=S) groups is 1. The van der Waals surface area contributed by atoms with Crippen molar-refractivity contribution in [2.75, 3.05) is 31.1 Å². The zero-order valence-corrected chi connectivity index (χ0v) is 13.7. The summed E-state index contributed by atoms with van der Waals surface area (Å²) in [6.45, 7) is 4.89. The maximum absolute atomic E-state index is 12.4. The normalized spacial score (nSPS) is 16.7. The molecule has 1 aliphatic heterocycles. The summed E-state index contributed by atoms with van der Waals surface area (Å²) in [6.07, 6.45) is 0.655. The number of benzene rings is 1. The number of rotatable bonds is 4. The molecule has 21 heavy (non-hydrogen) atoms. The van der Waals surface area contributed by atoms with Gasteiger partial charge in [0.1, 0.15) is 0 Å². The van der Waals surface area contributed by atoms with E-state index in [1.807, 2.05) is 36.1 Å². The minimum absolute atomic E-state index is 0.0516. The number of carbonyl (C=O) groups excluding carboxylic acids is 1. The number of nitrogens with zero attached hydrogens (tertiary/aromatic N) is 2. The molecule has 2 N–H and O–H groups in total. The van der Waals surface area contributed by atoms with Crippen molar-refractivity contribution in [3.63, 3.8) is 0 Å². The minimum Gasteiger partial charge on any atom is -0.393 e. The van der Waals surface area contributed by atoms with E-state index in [0.717, 1.165) is 23.8 Å². The largest absolute Gasteiger partial charge is 0.393 e. The second-order valence-corrected chi connectivity index (χ2v) is 6.06. The van der Waals surface area contributed by atoms with Crippen LogP contribution in [-0.4, -0.2) is 42.0 Å². The van der Waals surface area contributed by atoms with Gasteiger partial charge >= 0.3 is 0 Å². The Bertz CT molecular complexity index is 529. The van der Waals surface area contributed by atoms with Crippen LogP contribution in [0.3, 0.4) is 0 Å². The molecule has 0 radical (unpaired) electrons. The molecular weight excluding hydrogens is 306 g/mol. The van der Waals surface area contributed by atoms with Gasteiger partial charge in [0.05, 0.1) is 10.9 Å². The zero-order valence-electron chi connectivity index (χ0n) is 12.1. The molecule has 1 fully saturated rings. The van der Waals surface area contributed by atoms with Crippen LogP contribution < -0.4 is 10.6 Å². The van der Waals surface area contributed by atoms with E-state index >= 15 is 0 Å². The summed E-state index contributed by atoms with van der Waals surface area (Å²) in [5, 5.41) is 0.727. The number of hydrogen-bond acceptors (Lipinski definition) is 3. The van der Waals surface area contributed by atoms with E-state index in [1.54, 1.807) is 0 Å². The first-order valence-electron chi connectivity index (χ1n) is 7.11. The maximum atomic E-state index is 12.4. The van der Waals surface area contributed by atoms with E-state index in [2.05, 4.69) is 4.90 Å². The fourth-order valence-electron chi connectivity index (χ4n) is 2.58. The number of carbonyl (C=O) groups is 1. The highest BCUT2D eigenvalue weighted by atomic mass is 35.5. The summed E-state index contributed by atoms with van der Waals surface area (Å²) in [6, 6.07) is 7.78. The van der Waals surface area contributed by atoms with Crippen LogP contribution in [0.2, 0.25) is 5.02 Å². The van der Waals surface area contributed by atoms with Crippen molar-refractivity contribution in [2.24, 2.45) is 11.7 Å². The van der Waals surface area contributed by atoms with Crippen LogP contribution in [0.1, 0.15) is 13.3 Å². The molecule has 1 aliphatic rings. The second kappa shape index (κ2) is 7.09. The zero-order chi connectivity index (χ0) is 15.4. The van der Waals surface area contributed by atoms with Crippen LogP contribution in [0.25, 0.3) is 0 Å². The van der Waals surface area contributed by atoms with Crippen LogP contribution in [-0.2, 0) is 4.79 Å². The lowest BCUT2D eigenvalue weighted by atomic mass is 10.0. The lowest BCUT2D eigenvalue weighted by Gasteiger charge is -2.37. The smallest absolute Gasteiger partial charge is 0.232 e. The summed E-state index contributed by atoms with van der Waals surface area (Å²) in [7, 11) is 0. The van der Waals surface area contributed by atoms with Crippen molar-refractivity contribution >= 4 is 40.4 Å². The van der Waals surface area contributed by atoms with E-state index < -0.39 is 0 Å². The van der Waals surface area contributed by atoms with Gasteiger partial charge in [0, 0.05) is 36.9 Å². The molecule has 0 spiro atoms. The molecule has 2 rings (SSSR count). The van der Waals surface area contributed by atoms with Gasteiger partial charge in [0.2, 0.25) is 5.91 Å². The monoisotopic (exact) mass is 325 g/mol. The topological polar surface area (TPSA) is 49.6 Å². The van der Waals surface area contributed by atoms with Gasteiger partial charge in [0.15, 0.2) is 0 Å². The summed E-state index contributed by atoms with van der Waals surface area (Å²) in [5.74, 6) is -0.284. The summed E-state index contributed by atoms with van der Waals surface area (Å²) < 4.78 is 0. The quantitative estimate of drug-likeness (QED) is 0.863. The lowest BCUT2D eigenvalue weighted by Crippen LogP contribution is -2.51. The van der Waals surface area contributed by atoms with Gasteiger partial charge in [0.25, 0.3) is 0 Å². The van der Waals surface area contributed by atoms with Crippen molar-refractivity contribution < 1.29 is 4.79 Å². The molecule has 0 saturated carbocycles. The highest BCUT2D eigenvalue weighted by molar-refractivity contribution is 7.80. The van der Waals surface area contributed by atoms with E-state index in [4.69, 9.17) is 29.6 Å². The Morgan fingerprint density at radius 3 is 2.57 bits per heavy atom. The third-order valence-corrected chi connectivity index (χ3v) is 4.33.